The molecule has 2 N–H and O–H groups in total. The zero-order valence-corrected chi connectivity index (χ0v) is 11.0. The van der Waals surface area contributed by atoms with E-state index in [1.165, 1.54) is 6.07 Å². The highest BCUT2D eigenvalue weighted by atomic mass is 19.4. The molecule has 2 unspecified atom stereocenters. The van der Waals surface area contributed by atoms with Crippen molar-refractivity contribution in [2.45, 2.75) is 24.9 Å². The number of alkyl halides is 4. The number of likely N-dealkylation sites (tertiary alicyclic amines) is 1. The monoisotopic (exact) mass is 292 g/mol. The minimum Gasteiger partial charge on any atom is -0.487 e. The number of hydrogen-bond acceptors (Lipinski definition) is 3. The van der Waals surface area contributed by atoms with Crippen molar-refractivity contribution in [3.8, 4) is 5.75 Å². The van der Waals surface area contributed by atoms with Crippen LogP contribution in [0.25, 0.3) is 0 Å². The highest BCUT2D eigenvalue weighted by molar-refractivity contribution is 5.49. The molecule has 3 nitrogen and oxygen atoms in total. The summed E-state index contributed by atoms with van der Waals surface area (Å²) in [7, 11) is 1.76. The summed E-state index contributed by atoms with van der Waals surface area (Å²) >= 11 is 0. The lowest BCUT2D eigenvalue weighted by atomic mass is 10.1. The van der Waals surface area contributed by atoms with Gasteiger partial charge in [-0.05, 0) is 31.7 Å². The van der Waals surface area contributed by atoms with Gasteiger partial charge in [0.15, 0.2) is 0 Å². The molecule has 0 bridgehead atoms. The Bertz CT molecular complexity index is 478. The van der Waals surface area contributed by atoms with E-state index in [4.69, 9.17) is 10.5 Å². The average Bonchev–Trinajstić information content (AvgIpc) is 2.33. The molecule has 2 rings (SSSR count). The van der Waals surface area contributed by atoms with E-state index >= 15 is 0 Å². The number of nitrogen functional groups attached to an aromatic ring is 1. The number of hydrogen-bond donors (Lipinski definition) is 1. The molecule has 0 aromatic heterocycles. The zero-order valence-electron chi connectivity index (χ0n) is 11.0. The lowest BCUT2D eigenvalue weighted by molar-refractivity contribution is -0.139. The van der Waals surface area contributed by atoms with Gasteiger partial charge in [0.2, 0.25) is 0 Å². The molecule has 1 heterocycles. The molecule has 20 heavy (non-hydrogen) atoms. The topological polar surface area (TPSA) is 38.5 Å². The Balaban J connectivity index is 2.21. The van der Waals surface area contributed by atoms with Gasteiger partial charge in [-0.25, -0.2) is 4.39 Å². The van der Waals surface area contributed by atoms with E-state index in [1.54, 1.807) is 11.9 Å². The molecule has 1 aromatic carbocycles. The van der Waals surface area contributed by atoms with Gasteiger partial charge in [0, 0.05) is 18.8 Å². The number of nitrogens with two attached hydrogens (primary N) is 1. The predicted octanol–water partition coefficient (Wildman–Crippen LogP) is 2.71. The van der Waals surface area contributed by atoms with Gasteiger partial charge in [0.1, 0.15) is 18.0 Å². The van der Waals surface area contributed by atoms with Crippen molar-refractivity contribution in [2.75, 3.05) is 25.9 Å². The summed E-state index contributed by atoms with van der Waals surface area (Å²) in [4.78, 5) is 1.78. The fraction of sp³-hybridized carbons (Fsp3) is 0.538. The molecule has 1 aliphatic rings. The molecule has 1 saturated heterocycles. The second-order valence-electron chi connectivity index (χ2n) is 4.98. The molecule has 1 fully saturated rings. The van der Waals surface area contributed by atoms with Crippen LogP contribution in [0.3, 0.4) is 0 Å². The van der Waals surface area contributed by atoms with Gasteiger partial charge in [-0.3, -0.25) is 0 Å². The first kappa shape index (κ1) is 14.9. The van der Waals surface area contributed by atoms with Crippen LogP contribution in [0.15, 0.2) is 18.2 Å². The van der Waals surface area contributed by atoms with Gasteiger partial charge < -0.3 is 15.4 Å². The molecule has 0 spiro atoms. The summed E-state index contributed by atoms with van der Waals surface area (Å²) in [5, 5.41) is 0. The summed E-state index contributed by atoms with van der Waals surface area (Å²) < 4.78 is 57.8. The van der Waals surface area contributed by atoms with E-state index in [1.807, 2.05) is 0 Å². The Morgan fingerprint density at radius 3 is 2.65 bits per heavy atom. The number of nitrogens with zero attached hydrogens (tertiary/aromatic N) is 1. The Hall–Kier alpha value is -1.50. The quantitative estimate of drug-likeness (QED) is 0.673. The maximum atomic E-state index is 13.8. The summed E-state index contributed by atoms with van der Waals surface area (Å²) in [6, 6.07) is 3.26. The van der Waals surface area contributed by atoms with E-state index in [0.717, 1.165) is 12.1 Å². The minimum atomic E-state index is -4.58. The van der Waals surface area contributed by atoms with Crippen LogP contribution in [0.1, 0.15) is 12.0 Å². The van der Waals surface area contributed by atoms with E-state index in [0.29, 0.717) is 13.0 Å². The Morgan fingerprint density at radius 2 is 2.05 bits per heavy atom. The van der Waals surface area contributed by atoms with Crippen LogP contribution in [-0.2, 0) is 6.18 Å². The van der Waals surface area contributed by atoms with E-state index < -0.39 is 24.0 Å². The number of piperidine rings is 1. The number of rotatable bonds is 2. The fourth-order valence-electron chi connectivity index (χ4n) is 2.20. The van der Waals surface area contributed by atoms with Gasteiger partial charge in [0.05, 0.1) is 5.56 Å². The molecule has 0 saturated carbocycles. The van der Waals surface area contributed by atoms with Crippen molar-refractivity contribution in [2.24, 2.45) is 0 Å². The van der Waals surface area contributed by atoms with Crippen LogP contribution >= 0.6 is 0 Å². The second-order valence-corrected chi connectivity index (χ2v) is 4.98. The van der Waals surface area contributed by atoms with E-state index in [9.17, 15) is 17.6 Å². The van der Waals surface area contributed by atoms with Gasteiger partial charge in [-0.1, -0.05) is 0 Å². The van der Waals surface area contributed by atoms with Gasteiger partial charge >= 0.3 is 6.18 Å². The summed E-state index contributed by atoms with van der Waals surface area (Å²) in [6.45, 7) is 0.738. The first-order chi connectivity index (χ1) is 9.27. The molecule has 0 aliphatic carbocycles. The van der Waals surface area contributed by atoms with Crippen molar-refractivity contribution in [1.29, 1.82) is 0 Å². The van der Waals surface area contributed by atoms with Crippen molar-refractivity contribution in [3.05, 3.63) is 23.8 Å². The number of anilines is 1. The third-order valence-corrected chi connectivity index (χ3v) is 3.27. The number of halogens is 4. The molecule has 2 atom stereocenters. The molecule has 112 valence electrons. The standard InChI is InChI=1S/C13H16F4N2O/c1-19-5-4-12(10(14)7-19)20-11-3-2-8(18)6-9(11)13(15,16)17/h2-3,6,10,12H,4-5,7,18H2,1H3. The molecule has 1 aliphatic heterocycles. The summed E-state index contributed by atoms with van der Waals surface area (Å²) in [6.07, 6.45) is -6.41. The average molecular weight is 292 g/mol. The van der Waals surface area contributed by atoms with Crippen molar-refractivity contribution in [3.63, 3.8) is 0 Å². The van der Waals surface area contributed by atoms with E-state index in [-0.39, 0.29) is 18.0 Å². The fourth-order valence-corrected chi connectivity index (χ4v) is 2.20. The number of benzene rings is 1. The highest BCUT2D eigenvalue weighted by Gasteiger charge is 2.37. The predicted molar refractivity (Wildman–Crippen MR) is 67.3 cm³/mol. The van der Waals surface area contributed by atoms with Crippen molar-refractivity contribution < 1.29 is 22.3 Å². The van der Waals surface area contributed by atoms with Gasteiger partial charge in [-0.2, -0.15) is 13.2 Å². The van der Waals surface area contributed by atoms with Crippen molar-refractivity contribution >= 4 is 5.69 Å². The zero-order chi connectivity index (χ0) is 14.9. The second kappa shape index (κ2) is 5.47. The Kier molecular flexibility index (Phi) is 4.08. The van der Waals surface area contributed by atoms with Gasteiger partial charge in [-0.15, -0.1) is 0 Å². The van der Waals surface area contributed by atoms with Crippen LogP contribution in [0, 0.1) is 0 Å². The summed E-state index contributed by atoms with van der Waals surface area (Å²) in [5.74, 6) is -0.371. The van der Waals surface area contributed by atoms with Crippen LogP contribution in [0.5, 0.6) is 5.75 Å². The largest absolute Gasteiger partial charge is 0.487 e. The lowest BCUT2D eigenvalue weighted by Crippen LogP contribution is -2.45. The third kappa shape index (κ3) is 3.33. The molecule has 0 radical (unpaired) electrons. The summed E-state index contributed by atoms with van der Waals surface area (Å²) in [5.41, 5.74) is 4.39. The normalized spacial score (nSPS) is 24.6. The highest BCUT2D eigenvalue weighted by Crippen LogP contribution is 2.38. The Morgan fingerprint density at radius 1 is 1.35 bits per heavy atom. The maximum absolute atomic E-state index is 13.8. The maximum Gasteiger partial charge on any atom is 0.420 e. The first-order valence-corrected chi connectivity index (χ1v) is 6.23. The molecule has 1 aromatic rings. The minimum absolute atomic E-state index is 0.00940. The third-order valence-electron chi connectivity index (χ3n) is 3.27. The SMILES string of the molecule is CN1CCC(Oc2ccc(N)cc2C(F)(F)F)C(F)C1. The van der Waals surface area contributed by atoms with Crippen LogP contribution in [0.2, 0.25) is 0 Å². The van der Waals surface area contributed by atoms with Crippen LogP contribution < -0.4 is 10.5 Å². The lowest BCUT2D eigenvalue weighted by Gasteiger charge is -2.33. The first-order valence-electron chi connectivity index (χ1n) is 6.23. The van der Waals surface area contributed by atoms with Crippen molar-refractivity contribution in [1.82, 2.24) is 4.90 Å². The Labute approximate surface area is 114 Å². The van der Waals surface area contributed by atoms with Crippen LogP contribution in [-0.4, -0.2) is 37.3 Å². The molecular formula is C13H16F4N2O. The van der Waals surface area contributed by atoms with Crippen LogP contribution in [0.4, 0.5) is 23.2 Å². The molecule has 0 amide bonds. The molecular weight excluding hydrogens is 276 g/mol. The molecule has 7 heteroatoms. The van der Waals surface area contributed by atoms with Gasteiger partial charge in [0.25, 0.3) is 0 Å². The number of ether oxygens (including phenoxy) is 1. The van der Waals surface area contributed by atoms with E-state index in [2.05, 4.69) is 0 Å². The smallest absolute Gasteiger partial charge is 0.420 e.